The van der Waals surface area contributed by atoms with Crippen LogP contribution in [0.5, 0.6) is 0 Å². The second-order valence-electron chi connectivity index (χ2n) is 6.69. The molecule has 0 radical (unpaired) electrons. The molecule has 0 bridgehead atoms. The number of aryl methyl sites for hydroxylation is 1. The number of carbonyl (C=O) groups excluding carboxylic acids is 2. The van der Waals surface area contributed by atoms with E-state index in [0.717, 1.165) is 17.7 Å². The van der Waals surface area contributed by atoms with Crippen molar-refractivity contribution < 1.29 is 14.5 Å². The summed E-state index contributed by atoms with van der Waals surface area (Å²) < 4.78 is 0. The summed E-state index contributed by atoms with van der Waals surface area (Å²) in [7, 11) is 0. The summed E-state index contributed by atoms with van der Waals surface area (Å²) in [5.74, 6) is -0.224. The first-order chi connectivity index (χ1) is 13.8. The van der Waals surface area contributed by atoms with E-state index in [1.165, 1.54) is 30.0 Å². The van der Waals surface area contributed by atoms with Gasteiger partial charge in [-0.1, -0.05) is 19.4 Å². The maximum absolute atomic E-state index is 12.5. The number of hydrogen-bond acceptors (Lipinski definition) is 5. The number of amides is 2. The van der Waals surface area contributed by atoms with Crippen LogP contribution in [-0.2, 0) is 9.59 Å². The van der Waals surface area contributed by atoms with E-state index in [-0.39, 0.29) is 17.5 Å². The van der Waals surface area contributed by atoms with Gasteiger partial charge in [0.15, 0.2) is 0 Å². The molecule has 0 fully saturated rings. The van der Waals surface area contributed by atoms with Crippen molar-refractivity contribution in [1.29, 1.82) is 0 Å². The molecular weight excluding hydrogens is 390 g/mol. The van der Waals surface area contributed by atoms with Gasteiger partial charge in [-0.05, 0) is 50.1 Å². The van der Waals surface area contributed by atoms with Gasteiger partial charge in [-0.3, -0.25) is 19.7 Å². The van der Waals surface area contributed by atoms with E-state index in [0.29, 0.717) is 23.4 Å². The lowest BCUT2D eigenvalue weighted by Crippen LogP contribution is -2.22. The monoisotopic (exact) mass is 415 g/mol. The van der Waals surface area contributed by atoms with Gasteiger partial charge < -0.3 is 10.6 Å². The zero-order valence-electron chi connectivity index (χ0n) is 16.7. The quantitative estimate of drug-likeness (QED) is 0.335. The molecule has 1 atom stereocenters. The van der Waals surface area contributed by atoms with Crippen LogP contribution in [0.1, 0.15) is 38.7 Å². The number of nitrogens with zero attached hydrogens (tertiary/aromatic N) is 1. The Morgan fingerprint density at radius 3 is 2.59 bits per heavy atom. The number of nitro benzene ring substituents is 1. The van der Waals surface area contributed by atoms with Gasteiger partial charge in [-0.2, -0.15) is 0 Å². The summed E-state index contributed by atoms with van der Waals surface area (Å²) in [6.07, 6.45) is 2.30. The summed E-state index contributed by atoms with van der Waals surface area (Å²) in [6.45, 7) is 5.54. The van der Waals surface area contributed by atoms with Crippen LogP contribution in [0.4, 0.5) is 17.1 Å². The van der Waals surface area contributed by atoms with Crippen molar-refractivity contribution in [2.24, 2.45) is 0 Å². The molecule has 2 rings (SSSR count). The fraction of sp³-hybridized carbons (Fsp3) is 0.333. The van der Waals surface area contributed by atoms with Gasteiger partial charge in [-0.25, -0.2) is 0 Å². The molecule has 0 spiro atoms. The predicted molar refractivity (Wildman–Crippen MR) is 116 cm³/mol. The topological polar surface area (TPSA) is 101 Å². The maximum Gasteiger partial charge on any atom is 0.269 e. The Balaban J connectivity index is 1.98. The van der Waals surface area contributed by atoms with E-state index in [2.05, 4.69) is 10.6 Å². The standard InChI is InChI=1S/C21H25N3O4S/c1-4-5-9-20(25)22-16-7-6-8-18(13-16)29-15(3)21(26)23-19-11-10-17(24(27)28)12-14(19)2/h6-8,10-13,15H,4-5,9H2,1-3H3,(H,22,25)(H,23,26). The Labute approximate surface area is 174 Å². The number of nitrogens with one attached hydrogen (secondary N) is 2. The number of non-ortho nitro benzene ring substituents is 1. The minimum absolute atomic E-state index is 0.0132. The third-order valence-electron chi connectivity index (χ3n) is 4.24. The molecule has 2 N–H and O–H groups in total. The molecule has 8 heteroatoms. The number of hydrogen-bond donors (Lipinski definition) is 2. The van der Waals surface area contributed by atoms with Gasteiger partial charge in [0.2, 0.25) is 11.8 Å². The van der Waals surface area contributed by atoms with Gasteiger partial charge in [0.1, 0.15) is 0 Å². The minimum Gasteiger partial charge on any atom is -0.326 e. The van der Waals surface area contributed by atoms with E-state index in [9.17, 15) is 19.7 Å². The van der Waals surface area contributed by atoms with Gasteiger partial charge in [0, 0.05) is 34.8 Å². The molecule has 0 aromatic heterocycles. The van der Waals surface area contributed by atoms with Crippen molar-refractivity contribution >= 4 is 40.6 Å². The van der Waals surface area contributed by atoms with E-state index in [1.807, 2.05) is 31.2 Å². The van der Waals surface area contributed by atoms with E-state index < -0.39 is 10.2 Å². The molecule has 0 aliphatic carbocycles. The zero-order valence-corrected chi connectivity index (χ0v) is 17.5. The predicted octanol–water partition coefficient (Wildman–Crippen LogP) is 5.15. The van der Waals surface area contributed by atoms with E-state index in [1.54, 1.807) is 13.8 Å². The summed E-state index contributed by atoms with van der Waals surface area (Å²) >= 11 is 1.37. The van der Waals surface area contributed by atoms with Crippen molar-refractivity contribution in [1.82, 2.24) is 0 Å². The average Bonchev–Trinajstić information content (AvgIpc) is 2.67. The summed E-state index contributed by atoms with van der Waals surface area (Å²) in [5.41, 5.74) is 1.86. The smallest absolute Gasteiger partial charge is 0.269 e. The maximum atomic E-state index is 12.5. The van der Waals surface area contributed by atoms with Gasteiger partial charge in [0.25, 0.3) is 5.69 Å². The zero-order chi connectivity index (χ0) is 21.4. The Morgan fingerprint density at radius 1 is 1.17 bits per heavy atom. The van der Waals surface area contributed by atoms with Crippen molar-refractivity contribution in [3.63, 3.8) is 0 Å². The van der Waals surface area contributed by atoms with Crippen molar-refractivity contribution in [2.45, 2.75) is 50.2 Å². The highest BCUT2D eigenvalue weighted by molar-refractivity contribution is 8.00. The van der Waals surface area contributed by atoms with Gasteiger partial charge >= 0.3 is 0 Å². The van der Waals surface area contributed by atoms with Gasteiger partial charge in [0.05, 0.1) is 10.2 Å². The molecule has 0 heterocycles. The molecule has 7 nitrogen and oxygen atoms in total. The summed E-state index contributed by atoms with van der Waals surface area (Å²) in [4.78, 5) is 35.7. The molecule has 0 aliphatic rings. The van der Waals surface area contributed by atoms with Crippen molar-refractivity contribution in [3.8, 4) is 0 Å². The Bertz CT molecular complexity index is 901. The van der Waals surface area contributed by atoms with Crippen LogP contribution in [0.15, 0.2) is 47.4 Å². The van der Waals surface area contributed by atoms with Crippen LogP contribution in [0.2, 0.25) is 0 Å². The molecular formula is C21H25N3O4S. The molecule has 0 saturated carbocycles. The summed E-state index contributed by atoms with van der Waals surface area (Å²) in [5, 5.41) is 16.1. The van der Waals surface area contributed by atoms with Crippen LogP contribution in [0.25, 0.3) is 0 Å². The highest BCUT2D eigenvalue weighted by Crippen LogP contribution is 2.28. The first-order valence-electron chi connectivity index (χ1n) is 9.42. The minimum atomic E-state index is -0.467. The number of thioether (sulfide) groups is 1. The number of nitro groups is 1. The van der Waals surface area contributed by atoms with Crippen LogP contribution >= 0.6 is 11.8 Å². The summed E-state index contributed by atoms with van der Waals surface area (Å²) in [6, 6.07) is 11.7. The third-order valence-corrected chi connectivity index (χ3v) is 5.33. The Morgan fingerprint density at radius 2 is 1.93 bits per heavy atom. The molecule has 0 aliphatic heterocycles. The number of unbranched alkanes of at least 4 members (excludes halogenated alkanes) is 1. The normalized spacial score (nSPS) is 11.6. The second-order valence-corrected chi connectivity index (χ2v) is 8.10. The number of carbonyl (C=O) groups is 2. The lowest BCUT2D eigenvalue weighted by atomic mass is 10.2. The lowest BCUT2D eigenvalue weighted by molar-refractivity contribution is -0.384. The molecule has 0 saturated heterocycles. The SMILES string of the molecule is CCCCC(=O)Nc1cccc(SC(C)C(=O)Nc2ccc([N+](=O)[O-])cc2C)c1. The van der Waals surface area contributed by atoms with Crippen LogP contribution in [0.3, 0.4) is 0 Å². The van der Waals surface area contributed by atoms with Crippen molar-refractivity contribution in [2.75, 3.05) is 10.6 Å². The number of anilines is 2. The van der Waals surface area contributed by atoms with Crippen LogP contribution < -0.4 is 10.6 Å². The molecule has 1 unspecified atom stereocenters. The lowest BCUT2D eigenvalue weighted by Gasteiger charge is -2.14. The largest absolute Gasteiger partial charge is 0.326 e. The second kappa shape index (κ2) is 10.6. The first kappa shape index (κ1) is 22.4. The average molecular weight is 416 g/mol. The molecule has 29 heavy (non-hydrogen) atoms. The molecule has 2 aromatic rings. The van der Waals surface area contributed by atoms with E-state index >= 15 is 0 Å². The molecule has 2 amide bonds. The third kappa shape index (κ3) is 6.90. The van der Waals surface area contributed by atoms with E-state index in [4.69, 9.17) is 0 Å². The van der Waals surface area contributed by atoms with Gasteiger partial charge in [-0.15, -0.1) is 11.8 Å². The fourth-order valence-corrected chi connectivity index (χ4v) is 3.53. The van der Waals surface area contributed by atoms with Crippen LogP contribution in [-0.4, -0.2) is 22.0 Å². The molecule has 154 valence electrons. The number of rotatable bonds is 9. The molecule has 2 aromatic carbocycles. The number of benzene rings is 2. The fourth-order valence-electron chi connectivity index (χ4n) is 2.60. The Kier molecular flexibility index (Phi) is 8.21. The highest BCUT2D eigenvalue weighted by atomic mass is 32.2. The van der Waals surface area contributed by atoms with Crippen molar-refractivity contribution in [3.05, 3.63) is 58.1 Å². The Hall–Kier alpha value is -2.87. The highest BCUT2D eigenvalue weighted by Gasteiger charge is 2.17. The first-order valence-corrected chi connectivity index (χ1v) is 10.3. The van der Waals surface area contributed by atoms with Crippen LogP contribution in [0, 0.1) is 17.0 Å².